The van der Waals surface area contributed by atoms with E-state index in [2.05, 4.69) is 0 Å². The average Bonchev–Trinajstić information content (AvgIpc) is 2.69. The maximum atomic E-state index is 12.4. The second-order valence-corrected chi connectivity index (χ2v) is 8.07. The first kappa shape index (κ1) is 18.4. The van der Waals surface area contributed by atoms with Crippen LogP contribution in [0.5, 0.6) is 0 Å². The van der Waals surface area contributed by atoms with Crippen LogP contribution in [0.1, 0.15) is 12.5 Å². The molecule has 0 unspecified atom stereocenters. The molecule has 132 valence electrons. The first-order valence-corrected chi connectivity index (χ1v) is 9.56. The zero-order chi connectivity index (χ0) is 17.9. The van der Waals surface area contributed by atoms with E-state index in [1.807, 2.05) is 0 Å². The SMILES string of the molecule is CC(=O)N1CCN(C(=O)Cc2ccc(S(C)(=O)=O)cc2)C[C@H](O)C1. The van der Waals surface area contributed by atoms with Gasteiger partial charge in [0.1, 0.15) is 0 Å². The Bertz CT molecular complexity index is 714. The van der Waals surface area contributed by atoms with E-state index in [1.54, 1.807) is 12.1 Å². The molecule has 7 nitrogen and oxygen atoms in total. The lowest BCUT2D eigenvalue weighted by atomic mass is 10.1. The average molecular weight is 354 g/mol. The summed E-state index contributed by atoms with van der Waals surface area (Å²) in [5, 5.41) is 9.97. The third-order valence-corrected chi connectivity index (χ3v) is 5.14. The van der Waals surface area contributed by atoms with Crippen molar-refractivity contribution in [1.82, 2.24) is 9.80 Å². The highest BCUT2D eigenvalue weighted by Crippen LogP contribution is 2.12. The van der Waals surface area contributed by atoms with Gasteiger partial charge in [-0.3, -0.25) is 9.59 Å². The van der Waals surface area contributed by atoms with Gasteiger partial charge >= 0.3 is 0 Å². The molecule has 1 aliphatic rings. The maximum absolute atomic E-state index is 12.4. The summed E-state index contributed by atoms with van der Waals surface area (Å²) in [7, 11) is -3.26. The van der Waals surface area contributed by atoms with Crippen LogP contribution in [0.4, 0.5) is 0 Å². The van der Waals surface area contributed by atoms with Crippen molar-refractivity contribution < 1.29 is 23.1 Å². The molecule has 1 fully saturated rings. The van der Waals surface area contributed by atoms with Gasteiger partial charge in [-0.05, 0) is 17.7 Å². The number of amides is 2. The number of carbonyl (C=O) groups excluding carboxylic acids is 2. The number of hydrogen-bond acceptors (Lipinski definition) is 5. The Morgan fingerprint density at radius 3 is 2.21 bits per heavy atom. The van der Waals surface area contributed by atoms with Crippen LogP contribution in [-0.4, -0.2) is 73.7 Å². The van der Waals surface area contributed by atoms with Gasteiger partial charge in [-0.25, -0.2) is 8.42 Å². The van der Waals surface area contributed by atoms with E-state index in [0.717, 1.165) is 6.26 Å². The highest BCUT2D eigenvalue weighted by atomic mass is 32.2. The van der Waals surface area contributed by atoms with Gasteiger partial charge in [0.15, 0.2) is 9.84 Å². The number of aliphatic hydroxyl groups is 1. The molecule has 1 atom stereocenters. The molecular formula is C16H22N2O5S. The van der Waals surface area contributed by atoms with Crippen LogP contribution in [-0.2, 0) is 25.8 Å². The van der Waals surface area contributed by atoms with E-state index >= 15 is 0 Å². The van der Waals surface area contributed by atoms with Gasteiger partial charge in [-0.1, -0.05) is 12.1 Å². The first-order valence-electron chi connectivity index (χ1n) is 7.67. The van der Waals surface area contributed by atoms with Crippen molar-refractivity contribution in [3.05, 3.63) is 29.8 Å². The van der Waals surface area contributed by atoms with Gasteiger partial charge in [0.05, 0.1) is 17.4 Å². The summed E-state index contributed by atoms with van der Waals surface area (Å²) >= 11 is 0. The molecule has 0 spiro atoms. The minimum absolute atomic E-state index is 0.122. The van der Waals surface area contributed by atoms with E-state index in [9.17, 15) is 23.1 Å². The van der Waals surface area contributed by atoms with Crippen molar-refractivity contribution >= 4 is 21.7 Å². The second kappa shape index (κ2) is 7.31. The topological polar surface area (TPSA) is 95.0 Å². The molecule has 0 aromatic heterocycles. The van der Waals surface area contributed by atoms with Crippen LogP contribution in [0.3, 0.4) is 0 Å². The van der Waals surface area contributed by atoms with Crippen molar-refractivity contribution in [1.29, 1.82) is 0 Å². The number of nitrogens with zero attached hydrogens (tertiary/aromatic N) is 2. The van der Waals surface area contributed by atoms with E-state index < -0.39 is 15.9 Å². The van der Waals surface area contributed by atoms with Crippen LogP contribution in [0.25, 0.3) is 0 Å². The molecule has 1 N–H and O–H groups in total. The Morgan fingerprint density at radius 2 is 1.67 bits per heavy atom. The minimum atomic E-state index is -3.26. The molecule has 8 heteroatoms. The summed E-state index contributed by atoms with van der Waals surface area (Å²) < 4.78 is 22.9. The monoisotopic (exact) mass is 354 g/mol. The molecule has 1 saturated heterocycles. The fraction of sp³-hybridized carbons (Fsp3) is 0.500. The molecule has 1 aromatic carbocycles. The lowest BCUT2D eigenvalue weighted by Crippen LogP contribution is -2.38. The van der Waals surface area contributed by atoms with Gasteiger partial charge in [-0.2, -0.15) is 0 Å². The summed E-state index contributed by atoms with van der Waals surface area (Å²) in [6.07, 6.45) is 0.483. The molecule has 0 bridgehead atoms. The zero-order valence-electron chi connectivity index (χ0n) is 13.8. The smallest absolute Gasteiger partial charge is 0.227 e. The van der Waals surface area contributed by atoms with Crippen LogP contribution in [0, 0.1) is 0 Å². The lowest BCUT2D eigenvalue weighted by Gasteiger charge is -2.21. The zero-order valence-corrected chi connectivity index (χ0v) is 14.6. The molecule has 2 rings (SSSR count). The number of benzene rings is 1. The van der Waals surface area contributed by atoms with E-state index in [0.29, 0.717) is 18.7 Å². The Labute approximate surface area is 141 Å². The Hall–Kier alpha value is -1.93. The van der Waals surface area contributed by atoms with Crippen LogP contribution in [0.2, 0.25) is 0 Å². The molecule has 1 aromatic rings. The third-order valence-electron chi connectivity index (χ3n) is 4.01. The van der Waals surface area contributed by atoms with E-state index in [1.165, 1.54) is 28.9 Å². The standard InChI is InChI=1S/C16H22N2O5S/c1-12(19)17-7-8-18(11-14(20)10-17)16(21)9-13-3-5-15(6-4-13)24(2,22)23/h3-6,14,20H,7-11H2,1-2H3/t14-/m1/s1. The van der Waals surface area contributed by atoms with Gasteiger partial charge in [0.2, 0.25) is 11.8 Å². The molecular weight excluding hydrogens is 332 g/mol. The number of β-amino-alcohol motifs (C(OH)–C–C–N with tert-alkyl or cyclic N) is 1. The summed E-state index contributed by atoms with van der Waals surface area (Å²) in [6.45, 7) is 2.61. The van der Waals surface area contributed by atoms with Crippen LogP contribution >= 0.6 is 0 Å². The Balaban J connectivity index is 2.02. The number of aliphatic hydroxyl groups excluding tert-OH is 1. The lowest BCUT2D eigenvalue weighted by molar-refractivity contribution is -0.132. The van der Waals surface area contributed by atoms with Gasteiger partial charge < -0.3 is 14.9 Å². The van der Waals surface area contributed by atoms with E-state index in [4.69, 9.17) is 0 Å². The van der Waals surface area contributed by atoms with Crippen molar-refractivity contribution in [2.24, 2.45) is 0 Å². The molecule has 0 saturated carbocycles. The third kappa shape index (κ3) is 4.78. The Morgan fingerprint density at radius 1 is 1.12 bits per heavy atom. The first-order chi connectivity index (χ1) is 11.2. The highest BCUT2D eigenvalue weighted by molar-refractivity contribution is 7.90. The van der Waals surface area contributed by atoms with Crippen LogP contribution in [0.15, 0.2) is 29.2 Å². The molecule has 2 amide bonds. The number of carbonyl (C=O) groups is 2. The summed E-state index contributed by atoms with van der Waals surface area (Å²) in [5.74, 6) is -0.286. The minimum Gasteiger partial charge on any atom is -0.389 e. The normalized spacial score (nSPS) is 19.0. The predicted molar refractivity (Wildman–Crippen MR) is 88.1 cm³/mol. The van der Waals surface area contributed by atoms with Crippen molar-refractivity contribution in [2.75, 3.05) is 32.4 Å². The number of rotatable bonds is 3. The second-order valence-electron chi connectivity index (χ2n) is 6.05. The molecule has 24 heavy (non-hydrogen) atoms. The van der Waals surface area contributed by atoms with Gasteiger partial charge in [-0.15, -0.1) is 0 Å². The van der Waals surface area contributed by atoms with Crippen molar-refractivity contribution in [3.63, 3.8) is 0 Å². The molecule has 0 radical (unpaired) electrons. The summed E-state index contributed by atoms with van der Waals surface area (Å²) in [5.41, 5.74) is 0.703. The Kier molecular flexibility index (Phi) is 5.61. The summed E-state index contributed by atoms with van der Waals surface area (Å²) in [4.78, 5) is 27.1. The van der Waals surface area contributed by atoms with Crippen molar-refractivity contribution in [2.45, 2.75) is 24.3 Å². The summed E-state index contributed by atoms with van der Waals surface area (Å²) in [6, 6.07) is 6.19. The molecule has 0 aliphatic carbocycles. The largest absolute Gasteiger partial charge is 0.389 e. The molecule has 1 heterocycles. The fourth-order valence-corrected chi connectivity index (χ4v) is 3.27. The maximum Gasteiger partial charge on any atom is 0.227 e. The highest BCUT2D eigenvalue weighted by Gasteiger charge is 2.25. The van der Waals surface area contributed by atoms with Gasteiger partial charge in [0, 0.05) is 39.4 Å². The number of sulfone groups is 1. The van der Waals surface area contributed by atoms with E-state index in [-0.39, 0.29) is 36.2 Å². The van der Waals surface area contributed by atoms with Crippen LogP contribution < -0.4 is 0 Å². The quantitative estimate of drug-likeness (QED) is 0.803. The van der Waals surface area contributed by atoms with Gasteiger partial charge in [0.25, 0.3) is 0 Å². The predicted octanol–water partition coefficient (Wildman–Crippen LogP) is -0.316. The van der Waals surface area contributed by atoms with Crippen molar-refractivity contribution in [3.8, 4) is 0 Å². The number of hydrogen-bond donors (Lipinski definition) is 1. The fourth-order valence-electron chi connectivity index (χ4n) is 2.64. The molecule has 1 aliphatic heterocycles.